The molecule has 0 radical (unpaired) electrons. The van der Waals surface area contributed by atoms with Gasteiger partial charge in [-0.2, -0.15) is 0 Å². The molecule has 0 saturated carbocycles. The molecular formula is C8H10ClN3O3. The van der Waals surface area contributed by atoms with Crippen LogP contribution in [0.25, 0.3) is 0 Å². The van der Waals surface area contributed by atoms with Crippen LogP contribution in [0.4, 0.5) is 5.69 Å². The van der Waals surface area contributed by atoms with Crippen LogP contribution in [-0.4, -0.2) is 30.1 Å². The first-order valence-electron chi connectivity index (χ1n) is 4.22. The summed E-state index contributed by atoms with van der Waals surface area (Å²) in [5.74, 6) is 0.206. The molecule has 1 heterocycles. The Morgan fingerprint density at radius 2 is 2.47 bits per heavy atom. The van der Waals surface area contributed by atoms with E-state index >= 15 is 0 Å². The number of nitro groups is 1. The summed E-state index contributed by atoms with van der Waals surface area (Å²) in [6, 6.07) is 1.21. The SMILES string of the molecule is CNCCOc1ncc([N+](=O)[O-])cc1Cl. The first kappa shape index (κ1) is 11.7. The van der Waals surface area contributed by atoms with Crippen molar-refractivity contribution in [3.05, 3.63) is 27.4 Å². The van der Waals surface area contributed by atoms with Gasteiger partial charge in [-0.05, 0) is 7.05 Å². The lowest BCUT2D eigenvalue weighted by atomic mass is 10.4. The van der Waals surface area contributed by atoms with Crippen LogP contribution in [0.5, 0.6) is 5.88 Å². The Morgan fingerprint density at radius 1 is 1.73 bits per heavy atom. The summed E-state index contributed by atoms with van der Waals surface area (Å²) in [5, 5.41) is 13.4. The van der Waals surface area contributed by atoms with Crippen LogP contribution in [0.15, 0.2) is 12.3 Å². The highest BCUT2D eigenvalue weighted by molar-refractivity contribution is 6.32. The topological polar surface area (TPSA) is 77.3 Å². The normalized spacial score (nSPS) is 10.0. The number of halogens is 1. The van der Waals surface area contributed by atoms with E-state index in [1.807, 2.05) is 0 Å². The Hall–Kier alpha value is -1.40. The van der Waals surface area contributed by atoms with Crippen LogP contribution >= 0.6 is 11.6 Å². The Bertz CT molecular complexity index is 359. The van der Waals surface area contributed by atoms with E-state index in [9.17, 15) is 10.1 Å². The lowest BCUT2D eigenvalue weighted by Gasteiger charge is -2.05. The van der Waals surface area contributed by atoms with Gasteiger partial charge in [-0.3, -0.25) is 10.1 Å². The maximum Gasteiger partial charge on any atom is 0.289 e. The molecule has 0 saturated heterocycles. The summed E-state index contributed by atoms with van der Waals surface area (Å²) in [6.45, 7) is 1.05. The molecule has 0 fully saturated rings. The summed E-state index contributed by atoms with van der Waals surface area (Å²) >= 11 is 5.74. The second-order valence-electron chi connectivity index (χ2n) is 2.69. The molecule has 0 amide bonds. The average molecular weight is 232 g/mol. The molecule has 1 aromatic rings. The van der Waals surface area contributed by atoms with E-state index in [2.05, 4.69) is 10.3 Å². The summed E-state index contributed by atoms with van der Waals surface area (Å²) in [4.78, 5) is 13.6. The van der Waals surface area contributed by atoms with Crippen LogP contribution in [0.2, 0.25) is 5.02 Å². The molecule has 15 heavy (non-hydrogen) atoms. The van der Waals surface area contributed by atoms with E-state index in [4.69, 9.17) is 16.3 Å². The fourth-order valence-corrected chi connectivity index (χ4v) is 1.09. The van der Waals surface area contributed by atoms with Crippen molar-refractivity contribution in [1.29, 1.82) is 0 Å². The first-order chi connectivity index (χ1) is 7.15. The zero-order valence-corrected chi connectivity index (χ0v) is 8.82. The number of hydrogen-bond donors (Lipinski definition) is 1. The lowest BCUT2D eigenvalue weighted by Crippen LogP contribution is -2.16. The Balaban J connectivity index is 2.70. The van der Waals surface area contributed by atoms with Gasteiger partial charge in [0, 0.05) is 12.6 Å². The highest BCUT2D eigenvalue weighted by Gasteiger charge is 2.11. The van der Waals surface area contributed by atoms with E-state index in [-0.39, 0.29) is 16.6 Å². The molecule has 0 unspecified atom stereocenters. The van der Waals surface area contributed by atoms with Gasteiger partial charge in [0.05, 0.1) is 4.92 Å². The Morgan fingerprint density at radius 3 is 3.00 bits per heavy atom. The zero-order chi connectivity index (χ0) is 11.3. The van der Waals surface area contributed by atoms with Gasteiger partial charge in [-0.1, -0.05) is 11.6 Å². The molecule has 0 bridgehead atoms. The molecule has 1 aromatic heterocycles. The second kappa shape index (κ2) is 5.47. The number of aromatic nitrogens is 1. The molecule has 0 aromatic carbocycles. The number of pyridine rings is 1. The third kappa shape index (κ3) is 3.34. The van der Waals surface area contributed by atoms with E-state index < -0.39 is 4.92 Å². The number of nitrogens with one attached hydrogen (secondary N) is 1. The Kier molecular flexibility index (Phi) is 4.26. The summed E-state index contributed by atoms with van der Waals surface area (Å²) in [7, 11) is 1.79. The van der Waals surface area contributed by atoms with E-state index in [1.165, 1.54) is 6.07 Å². The number of hydrogen-bond acceptors (Lipinski definition) is 5. The zero-order valence-electron chi connectivity index (χ0n) is 8.07. The van der Waals surface area contributed by atoms with Crippen LogP contribution in [0.3, 0.4) is 0 Å². The molecular weight excluding hydrogens is 222 g/mol. The number of likely N-dealkylation sites (N-methyl/N-ethyl adjacent to an activating group) is 1. The minimum absolute atomic E-state index is 0.139. The minimum Gasteiger partial charge on any atom is -0.475 e. The van der Waals surface area contributed by atoms with Crippen molar-refractivity contribution in [2.24, 2.45) is 0 Å². The van der Waals surface area contributed by atoms with Crippen LogP contribution in [0, 0.1) is 10.1 Å². The van der Waals surface area contributed by atoms with Crippen LogP contribution < -0.4 is 10.1 Å². The average Bonchev–Trinajstić information content (AvgIpc) is 2.20. The molecule has 1 rings (SSSR count). The maximum absolute atomic E-state index is 10.4. The highest BCUT2D eigenvalue weighted by atomic mass is 35.5. The van der Waals surface area contributed by atoms with Gasteiger partial charge in [-0.25, -0.2) is 4.98 Å². The largest absolute Gasteiger partial charge is 0.475 e. The van der Waals surface area contributed by atoms with Crippen molar-refractivity contribution in [1.82, 2.24) is 10.3 Å². The van der Waals surface area contributed by atoms with Crippen LogP contribution in [0.1, 0.15) is 0 Å². The van der Waals surface area contributed by atoms with Crippen molar-refractivity contribution < 1.29 is 9.66 Å². The number of rotatable bonds is 5. The molecule has 7 heteroatoms. The van der Waals surface area contributed by atoms with Gasteiger partial charge >= 0.3 is 0 Å². The molecule has 0 aliphatic carbocycles. The van der Waals surface area contributed by atoms with Gasteiger partial charge < -0.3 is 10.1 Å². The molecule has 1 N–H and O–H groups in total. The van der Waals surface area contributed by atoms with Crippen LogP contribution in [-0.2, 0) is 0 Å². The fourth-order valence-electron chi connectivity index (χ4n) is 0.871. The predicted molar refractivity (Wildman–Crippen MR) is 55.3 cm³/mol. The van der Waals surface area contributed by atoms with Crippen molar-refractivity contribution in [3.8, 4) is 5.88 Å². The smallest absolute Gasteiger partial charge is 0.289 e. The van der Waals surface area contributed by atoms with E-state index in [0.29, 0.717) is 13.2 Å². The number of ether oxygens (including phenoxy) is 1. The third-order valence-electron chi connectivity index (χ3n) is 1.59. The standard InChI is InChI=1S/C8H10ClN3O3/c1-10-2-3-15-8-7(9)4-6(5-11-8)12(13)14/h4-5,10H,2-3H2,1H3. The van der Waals surface area contributed by atoms with Gasteiger partial charge in [0.25, 0.3) is 5.69 Å². The Labute approximate surface area is 91.4 Å². The molecule has 6 nitrogen and oxygen atoms in total. The quantitative estimate of drug-likeness (QED) is 0.469. The first-order valence-corrected chi connectivity index (χ1v) is 4.60. The fraction of sp³-hybridized carbons (Fsp3) is 0.375. The van der Waals surface area contributed by atoms with Gasteiger partial charge in [0.1, 0.15) is 17.8 Å². The molecule has 82 valence electrons. The minimum atomic E-state index is -0.559. The molecule has 0 atom stereocenters. The van der Waals surface area contributed by atoms with E-state index in [0.717, 1.165) is 6.20 Å². The second-order valence-corrected chi connectivity index (χ2v) is 3.10. The van der Waals surface area contributed by atoms with Gasteiger partial charge in [0.15, 0.2) is 0 Å². The van der Waals surface area contributed by atoms with Gasteiger partial charge in [0.2, 0.25) is 5.88 Å². The van der Waals surface area contributed by atoms with Crippen molar-refractivity contribution in [2.45, 2.75) is 0 Å². The van der Waals surface area contributed by atoms with E-state index in [1.54, 1.807) is 7.05 Å². The molecule has 0 spiro atoms. The van der Waals surface area contributed by atoms with Crippen molar-refractivity contribution in [3.63, 3.8) is 0 Å². The molecule has 0 aliphatic heterocycles. The monoisotopic (exact) mass is 231 g/mol. The lowest BCUT2D eigenvalue weighted by molar-refractivity contribution is -0.385. The summed E-state index contributed by atoms with van der Waals surface area (Å²) in [6.07, 6.45) is 1.11. The van der Waals surface area contributed by atoms with Crippen molar-refractivity contribution >= 4 is 17.3 Å². The highest BCUT2D eigenvalue weighted by Crippen LogP contribution is 2.25. The third-order valence-corrected chi connectivity index (χ3v) is 1.87. The molecule has 0 aliphatic rings. The summed E-state index contributed by atoms with van der Waals surface area (Å²) < 4.78 is 5.18. The number of nitrogens with zero attached hydrogens (tertiary/aromatic N) is 2. The predicted octanol–water partition coefficient (Wildman–Crippen LogP) is 1.24. The van der Waals surface area contributed by atoms with Crippen molar-refractivity contribution in [2.75, 3.05) is 20.2 Å². The summed E-state index contributed by atoms with van der Waals surface area (Å²) in [5.41, 5.74) is -0.152. The maximum atomic E-state index is 10.4. The van der Waals surface area contributed by atoms with Gasteiger partial charge in [-0.15, -0.1) is 0 Å².